The molecule has 0 aliphatic carbocycles. The van der Waals surface area contributed by atoms with Gasteiger partial charge in [-0.2, -0.15) is 0 Å². The number of para-hydroxylation sites is 1. The van der Waals surface area contributed by atoms with Crippen molar-refractivity contribution < 1.29 is 17.1 Å². The molecule has 4 heteroatoms. The summed E-state index contributed by atoms with van der Waals surface area (Å²) in [5.41, 5.74) is 2.33. The van der Waals surface area contributed by atoms with Crippen LogP contribution in [0.4, 0.5) is 0 Å². The number of methoxy groups -OCH3 is 1. The van der Waals surface area contributed by atoms with Crippen molar-refractivity contribution in [3.05, 3.63) is 64.7 Å². The first-order valence-corrected chi connectivity index (χ1v) is 6.24. The first-order chi connectivity index (χ1) is 8.79. The molecule has 0 unspecified atom stereocenters. The van der Waals surface area contributed by atoms with Crippen molar-refractivity contribution in [3.8, 4) is 5.75 Å². The second-order valence-electron chi connectivity index (χ2n) is 4.05. The van der Waals surface area contributed by atoms with E-state index in [9.17, 15) is 0 Å². The summed E-state index contributed by atoms with van der Waals surface area (Å²) in [5.74, 6) is 0.913. The molecule has 0 radical (unpaired) electrons. The Hall–Kier alpha value is -1.22. The maximum absolute atomic E-state index is 5.94. The SMILES string of the molecule is COc1ccccc1CNCc1cccc(Cl)c1.[Cl-]. The van der Waals surface area contributed by atoms with Gasteiger partial charge in [0.25, 0.3) is 0 Å². The quantitative estimate of drug-likeness (QED) is 0.875. The Balaban J connectivity index is 0.00000180. The zero-order valence-corrected chi connectivity index (χ0v) is 12.2. The van der Waals surface area contributed by atoms with E-state index in [0.29, 0.717) is 0 Å². The standard InChI is InChI=1S/C15H16ClNO.ClH/c1-18-15-8-3-2-6-13(15)11-17-10-12-5-4-7-14(16)9-12;/h2-9,17H,10-11H2,1H3;1H/p-1. The average Bonchev–Trinajstić information content (AvgIpc) is 2.39. The van der Waals surface area contributed by atoms with Crippen LogP contribution in [-0.2, 0) is 13.1 Å². The van der Waals surface area contributed by atoms with Gasteiger partial charge in [0, 0.05) is 23.7 Å². The Labute approximate surface area is 125 Å². The Morgan fingerprint density at radius 1 is 1.05 bits per heavy atom. The van der Waals surface area contributed by atoms with Crippen LogP contribution in [-0.4, -0.2) is 7.11 Å². The monoisotopic (exact) mass is 296 g/mol. The normalized spacial score (nSPS) is 9.79. The van der Waals surface area contributed by atoms with Crippen LogP contribution in [0.5, 0.6) is 5.75 Å². The minimum Gasteiger partial charge on any atom is -1.00 e. The molecule has 102 valence electrons. The largest absolute Gasteiger partial charge is 1.00 e. The molecular weight excluding hydrogens is 281 g/mol. The van der Waals surface area contributed by atoms with Crippen LogP contribution >= 0.6 is 11.6 Å². The number of benzene rings is 2. The highest BCUT2D eigenvalue weighted by atomic mass is 35.5. The minimum absolute atomic E-state index is 0. The predicted octanol–water partition coefficient (Wildman–Crippen LogP) is 0.642. The third-order valence-corrected chi connectivity index (χ3v) is 2.96. The Morgan fingerprint density at radius 3 is 2.58 bits per heavy atom. The summed E-state index contributed by atoms with van der Waals surface area (Å²) in [4.78, 5) is 0. The number of hydrogen-bond donors (Lipinski definition) is 1. The van der Waals surface area contributed by atoms with E-state index in [2.05, 4.69) is 17.4 Å². The maximum Gasteiger partial charge on any atom is 0.123 e. The van der Waals surface area contributed by atoms with Gasteiger partial charge in [0.15, 0.2) is 0 Å². The lowest BCUT2D eigenvalue weighted by Gasteiger charge is -2.09. The summed E-state index contributed by atoms with van der Waals surface area (Å²) >= 11 is 5.94. The Morgan fingerprint density at radius 2 is 1.84 bits per heavy atom. The van der Waals surface area contributed by atoms with Gasteiger partial charge in [0.2, 0.25) is 0 Å². The van der Waals surface area contributed by atoms with Gasteiger partial charge in [0.05, 0.1) is 7.11 Å². The van der Waals surface area contributed by atoms with Crippen LogP contribution in [0.15, 0.2) is 48.5 Å². The number of ether oxygens (including phenoxy) is 1. The van der Waals surface area contributed by atoms with Crippen molar-refractivity contribution in [1.29, 1.82) is 0 Å². The van der Waals surface area contributed by atoms with Crippen LogP contribution in [0.1, 0.15) is 11.1 Å². The van der Waals surface area contributed by atoms with E-state index < -0.39 is 0 Å². The zero-order valence-electron chi connectivity index (χ0n) is 10.7. The van der Waals surface area contributed by atoms with Crippen molar-refractivity contribution in [1.82, 2.24) is 5.32 Å². The summed E-state index contributed by atoms with van der Waals surface area (Å²) in [6.45, 7) is 1.56. The molecule has 0 spiro atoms. The first kappa shape index (κ1) is 15.8. The van der Waals surface area contributed by atoms with E-state index in [4.69, 9.17) is 16.3 Å². The summed E-state index contributed by atoms with van der Waals surface area (Å²) < 4.78 is 5.31. The molecule has 2 nitrogen and oxygen atoms in total. The maximum atomic E-state index is 5.94. The highest BCUT2D eigenvalue weighted by molar-refractivity contribution is 6.30. The molecule has 0 aliphatic heterocycles. The molecular formula is C15H16Cl2NO-. The van der Waals surface area contributed by atoms with Crippen molar-refractivity contribution in [2.24, 2.45) is 0 Å². The molecule has 19 heavy (non-hydrogen) atoms. The van der Waals surface area contributed by atoms with Gasteiger partial charge in [-0.3, -0.25) is 0 Å². The van der Waals surface area contributed by atoms with Gasteiger partial charge < -0.3 is 22.5 Å². The first-order valence-electron chi connectivity index (χ1n) is 5.86. The molecule has 0 aliphatic rings. The number of rotatable bonds is 5. The molecule has 2 aromatic carbocycles. The zero-order chi connectivity index (χ0) is 12.8. The molecule has 0 heterocycles. The van der Waals surface area contributed by atoms with E-state index in [-0.39, 0.29) is 12.4 Å². The smallest absolute Gasteiger partial charge is 0.123 e. The second kappa shape index (κ2) is 8.05. The molecule has 0 saturated carbocycles. The van der Waals surface area contributed by atoms with E-state index in [1.54, 1.807) is 7.11 Å². The van der Waals surface area contributed by atoms with E-state index in [0.717, 1.165) is 29.4 Å². The van der Waals surface area contributed by atoms with Crippen LogP contribution in [0, 0.1) is 0 Å². The lowest BCUT2D eigenvalue weighted by Crippen LogP contribution is -3.00. The minimum atomic E-state index is 0. The van der Waals surface area contributed by atoms with Gasteiger partial charge in [-0.05, 0) is 23.8 Å². The Kier molecular flexibility index (Phi) is 6.71. The fourth-order valence-electron chi connectivity index (χ4n) is 1.84. The summed E-state index contributed by atoms with van der Waals surface area (Å²) in [6.07, 6.45) is 0. The molecule has 0 bridgehead atoms. The van der Waals surface area contributed by atoms with Crippen LogP contribution in [0.25, 0.3) is 0 Å². The van der Waals surface area contributed by atoms with Gasteiger partial charge in [-0.1, -0.05) is 41.9 Å². The van der Waals surface area contributed by atoms with Crippen molar-refractivity contribution in [2.45, 2.75) is 13.1 Å². The molecule has 0 fully saturated rings. The van der Waals surface area contributed by atoms with Crippen LogP contribution < -0.4 is 22.5 Å². The third kappa shape index (κ3) is 4.75. The molecule has 0 saturated heterocycles. The molecule has 2 rings (SSSR count). The lowest BCUT2D eigenvalue weighted by atomic mass is 10.2. The number of nitrogens with one attached hydrogen (secondary N) is 1. The van der Waals surface area contributed by atoms with Gasteiger partial charge in [-0.25, -0.2) is 0 Å². The van der Waals surface area contributed by atoms with Crippen molar-refractivity contribution in [2.75, 3.05) is 7.11 Å². The second-order valence-corrected chi connectivity index (χ2v) is 4.48. The van der Waals surface area contributed by atoms with Gasteiger partial charge >= 0.3 is 0 Å². The van der Waals surface area contributed by atoms with E-state index in [1.807, 2.05) is 36.4 Å². The predicted molar refractivity (Wildman–Crippen MR) is 75.0 cm³/mol. The van der Waals surface area contributed by atoms with Crippen molar-refractivity contribution >= 4 is 11.6 Å². The fraction of sp³-hybridized carbons (Fsp3) is 0.200. The van der Waals surface area contributed by atoms with Crippen LogP contribution in [0.2, 0.25) is 5.02 Å². The summed E-state index contributed by atoms with van der Waals surface area (Å²) in [6, 6.07) is 15.9. The lowest BCUT2D eigenvalue weighted by molar-refractivity contribution is -0.00000387. The van der Waals surface area contributed by atoms with E-state index in [1.165, 1.54) is 5.56 Å². The Bertz CT molecular complexity index is 517. The van der Waals surface area contributed by atoms with Gasteiger partial charge in [0.1, 0.15) is 5.75 Å². The highest BCUT2D eigenvalue weighted by Crippen LogP contribution is 2.17. The average molecular weight is 297 g/mol. The van der Waals surface area contributed by atoms with Crippen LogP contribution in [0.3, 0.4) is 0 Å². The molecule has 1 N–H and O–H groups in total. The fourth-order valence-corrected chi connectivity index (χ4v) is 2.05. The summed E-state index contributed by atoms with van der Waals surface area (Å²) in [5, 5.41) is 4.15. The topological polar surface area (TPSA) is 21.3 Å². The van der Waals surface area contributed by atoms with Crippen molar-refractivity contribution in [3.63, 3.8) is 0 Å². The molecule has 0 aromatic heterocycles. The van der Waals surface area contributed by atoms with Gasteiger partial charge in [-0.15, -0.1) is 0 Å². The molecule has 0 atom stereocenters. The van der Waals surface area contributed by atoms with E-state index >= 15 is 0 Å². The molecule has 2 aromatic rings. The molecule has 0 amide bonds. The third-order valence-electron chi connectivity index (χ3n) is 2.73. The number of hydrogen-bond acceptors (Lipinski definition) is 2. The highest BCUT2D eigenvalue weighted by Gasteiger charge is 2.01. The number of halogens is 2. The summed E-state index contributed by atoms with van der Waals surface area (Å²) in [7, 11) is 1.69.